The van der Waals surface area contributed by atoms with Gasteiger partial charge >= 0.3 is 158 Å². The molecule has 0 saturated heterocycles. The normalized spacial score (nSPS) is 13.9. The second-order valence-corrected chi connectivity index (χ2v) is 16.3. The monoisotopic (exact) mass is 396 g/mol. The molecule has 0 aliphatic heterocycles. The van der Waals surface area contributed by atoms with E-state index in [2.05, 4.69) is 44.2 Å². The van der Waals surface area contributed by atoms with Gasteiger partial charge in [-0.25, -0.2) is 0 Å². The molecule has 0 saturated carbocycles. The van der Waals surface area contributed by atoms with E-state index in [0.29, 0.717) is 0 Å². The molecule has 23 heavy (non-hydrogen) atoms. The number of alkyl halides is 2. The first-order chi connectivity index (χ1) is 10.9. The van der Waals surface area contributed by atoms with Gasteiger partial charge in [0, 0.05) is 0 Å². The number of unbranched alkanes of at least 4 members (excludes halogenated alkanes) is 2. The average molecular weight is 398 g/mol. The van der Waals surface area contributed by atoms with E-state index in [1.165, 1.54) is 43.6 Å². The van der Waals surface area contributed by atoms with E-state index in [1.54, 1.807) is 0 Å². The van der Waals surface area contributed by atoms with Gasteiger partial charge in [-0.3, -0.25) is 0 Å². The van der Waals surface area contributed by atoms with Gasteiger partial charge in [0.05, 0.1) is 0 Å². The predicted molar refractivity (Wildman–Crippen MR) is 112 cm³/mol. The molecule has 0 fully saturated rings. The van der Waals surface area contributed by atoms with Gasteiger partial charge in [-0.15, -0.1) is 0 Å². The molecular formula is C19H32Cl3P. The molecule has 0 spiro atoms. The van der Waals surface area contributed by atoms with Crippen LogP contribution in [0.2, 0.25) is 0 Å². The fraction of sp³-hybridized carbons (Fsp3) is 0.684. The SMILES string of the molecule is CCCCP(Cl)(CCCC)(CCCC(Cl)Cl)Cc1ccccc1. The van der Waals surface area contributed by atoms with Crippen molar-refractivity contribution < 1.29 is 0 Å². The molecule has 134 valence electrons. The van der Waals surface area contributed by atoms with Gasteiger partial charge in [-0.05, 0) is 0 Å². The van der Waals surface area contributed by atoms with E-state index in [9.17, 15) is 0 Å². The van der Waals surface area contributed by atoms with Gasteiger partial charge in [0.1, 0.15) is 0 Å². The van der Waals surface area contributed by atoms with Crippen LogP contribution < -0.4 is 0 Å². The summed E-state index contributed by atoms with van der Waals surface area (Å²) in [7, 11) is 0. The Morgan fingerprint density at radius 3 is 1.87 bits per heavy atom. The van der Waals surface area contributed by atoms with Crippen LogP contribution in [0.4, 0.5) is 0 Å². The first kappa shape index (κ1) is 21.6. The van der Waals surface area contributed by atoms with E-state index >= 15 is 0 Å². The van der Waals surface area contributed by atoms with E-state index in [0.717, 1.165) is 25.2 Å². The number of hydrogen-bond acceptors (Lipinski definition) is 0. The molecule has 0 heterocycles. The summed E-state index contributed by atoms with van der Waals surface area (Å²) >= 11 is 19.5. The molecule has 0 atom stereocenters. The van der Waals surface area contributed by atoms with Crippen molar-refractivity contribution in [1.82, 2.24) is 0 Å². The quantitative estimate of drug-likeness (QED) is 0.247. The van der Waals surface area contributed by atoms with Crippen molar-refractivity contribution in [3.05, 3.63) is 35.9 Å². The van der Waals surface area contributed by atoms with E-state index in [-0.39, 0.29) is 4.84 Å². The molecule has 0 radical (unpaired) electrons. The minimum absolute atomic E-state index is 0.269. The number of halogens is 3. The summed E-state index contributed by atoms with van der Waals surface area (Å²) in [5.41, 5.74) is 1.39. The summed E-state index contributed by atoms with van der Waals surface area (Å²) in [4.78, 5) is -0.269. The summed E-state index contributed by atoms with van der Waals surface area (Å²) in [6.07, 6.45) is 11.3. The molecule has 0 aliphatic carbocycles. The van der Waals surface area contributed by atoms with Gasteiger partial charge in [0.15, 0.2) is 0 Å². The second kappa shape index (κ2) is 10.5. The molecule has 4 heteroatoms. The van der Waals surface area contributed by atoms with Crippen molar-refractivity contribution in [2.45, 2.75) is 63.4 Å². The topological polar surface area (TPSA) is 0 Å². The van der Waals surface area contributed by atoms with Crippen LogP contribution in [0.3, 0.4) is 0 Å². The molecule has 0 bridgehead atoms. The van der Waals surface area contributed by atoms with Crippen LogP contribution >= 0.6 is 40.4 Å². The summed E-state index contributed by atoms with van der Waals surface area (Å²) in [6, 6.07) is 10.8. The minimum atomic E-state index is -2.28. The molecule has 1 aromatic rings. The molecule has 0 aromatic heterocycles. The Balaban J connectivity index is 3.00. The average Bonchev–Trinajstić information content (AvgIpc) is 2.52. The molecule has 0 N–H and O–H groups in total. The summed E-state index contributed by atoms with van der Waals surface area (Å²) in [6.45, 7) is 4.52. The zero-order valence-electron chi connectivity index (χ0n) is 14.6. The Labute approximate surface area is 158 Å². The summed E-state index contributed by atoms with van der Waals surface area (Å²) in [5, 5.41) is 0. The van der Waals surface area contributed by atoms with Crippen molar-refractivity contribution in [2.24, 2.45) is 0 Å². The van der Waals surface area contributed by atoms with Crippen molar-refractivity contribution in [3.8, 4) is 0 Å². The molecule has 1 rings (SSSR count). The first-order valence-electron chi connectivity index (χ1n) is 8.96. The Hall–Kier alpha value is 0.520. The van der Waals surface area contributed by atoms with E-state index in [4.69, 9.17) is 34.4 Å². The van der Waals surface area contributed by atoms with Crippen molar-refractivity contribution in [3.63, 3.8) is 0 Å². The number of benzene rings is 1. The predicted octanol–water partition coefficient (Wildman–Crippen LogP) is 8.08. The molecule has 0 aliphatic rings. The Morgan fingerprint density at radius 1 is 0.870 bits per heavy atom. The molecule has 1 aromatic carbocycles. The van der Waals surface area contributed by atoms with Crippen LogP contribution in [0.1, 0.15) is 57.9 Å². The molecule has 0 unspecified atom stereocenters. The Bertz CT molecular complexity index is 426. The van der Waals surface area contributed by atoms with E-state index in [1.807, 2.05) is 0 Å². The van der Waals surface area contributed by atoms with Crippen molar-refractivity contribution in [2.75, 3.05) is 18.5 Å². The van der Waals surface area contributed by atoms with Crippen LogP contribution in [0.15, 0.2) is 30.3 Å². The standard InChI is InChI=1S/C19H32Cl3P/c1-3-5-14-23(22,15-6-4-2,16-10-13-19(20)21)17-18-11-8-7-9-12-18/h7-9,11-12,19H,3-6,10,13-17H2,1-2H3. The van der Waals surface area contributed by atoms with E-state index < -0.39 is 5.96 Å². The van der Waals surface area contributed by atoms with Crippen LogP contribution in [0.5, 0.6) is 0 Å². The van der Waals surface area contributed by atoms with Crippen LogP contribution in [-0.4, -0.2) is 23.3 Å². The fourth-order valence-corrected chi connectivity index (χ4v) is 10.6. The Morgan fingerprint density at radius 2 is 1.39 bits per heavy atom. The van der Waals surface area contributed by atoms with Gasteiger partial charge in [-0.1, -0.05) is 0 Å². The summed E-state index contributed by atoms with van der Waals surface area (Å²) < 4.78 is 0. The molecule has 0 amide bonds. The number of hydrogen-bond donors (Lipinski definition) is 0. The van der Waals surface area contributed by atoms with Gasteiger partial charge in [0.25, 0.3) is 0 Å². The third-order valence-electron chi connectivity index (χ3n) is 4.70. The van der Waals surface area contributed by atoms with Gasteiger partial charge < -0.3 is 0 Å². The van der Waals surface area contributed by atoms with Crippen LogP contribution in [-0.2, 0) is 6.16 Å². The number of rotatable bonds is 12. The maximum atomic E-state index is 7.62. The van der Waals surface area contributed by atoms with Crippen molar-refractivity contribution >= 4 is 40.4 Å². The third kappa shape index (κ3) is 7.96. The second-order valence-electron chi connectivity index (χ2n) is 6.87. The Kier molecular flexibility index (Phi) is 9.84. The van der Waals surface area contributed by atoms with Gasteiger partial charge in [0.2, 0.25) is 0 Å². The molecular weight excluding hydrogens is 366 g/mol. The maximum absolute atomic E-state index is 7.62. The zero-order valence-corrected chi connectivity index (χ0v) is 17.8. The fourth-order valence-electron chi connectivity index (χ4n) is 3.36. The van der Waals surface area contributed by atoms with Gasteiger partial charge in [-0.2, -0.15) is 0 Å². The summed E-state index contributed by atoms with van der Waals surface area (Å²) in [5.74, 6) is -2.28. The van der Waals surface area contributed by atoms with Crippen molar-refractivity contribution in [1.29, 1.82) is 0 Å². The third-order valence-corrected chi connectivity index (χ3v) is 12.5. The molecule has 0 nitrogen and oxygen atoms in total. The van der Waals surface area contributed by atoms with Crippen LogP contribution in [0, 0.1) is 0 Å². The first-order valence-corrected chi connectivity index (χ1v) is 13.7. The van der Waals surface area contributed by atoms with Crippen LogP contribution in [0.25, 0.3) is 0 Å². The zero-order chi connectivity index (χ0) is 17.2.